The van der Waals surface area contributed by atoms with Crippen molar-refractivity contribution in [2.75, 3.05) is 0 Å². The standard InChI is InChI=1S/C24H35F3O/c1-2-3-4-7-18-10-12-19(13-11-18)20-14-16-21(17-15-20)22-8-5-6-9-23(22)28-24(25,26)27/h5-6,8-9,18-21H,2-4,7,10-17H2,1H3/t18-,19-,20-,21-. The molecule has 1 aromatic carbocycles. The quantitative estimate of drug-likeness (QED) is 0.422. The van der Waals surface area contributed by atoms with Crippen LogP contribution in [0.3, 0.4) is 0 Å². The van der Waals surface area contributed by atoms with Crippen molar-refractivity contribution in [1.29, 1.82) is 0 Å². The molecule has 1 aromatic rings. The third-order valence-electron chi connectivity index (χ3n) is 7.13. The molecule has 2 aliphatic rings. The van der Waals surface area contributed by atoms with Crippen LogP contribution in [0.4, 0.5) is 13.2 Å². The second-order valence-electron chi connectivity index (χ2n) is 8.97. The smallest absolute Gasteiger partial charge is 0.405 e. The maximum absolute atomic E-state index is 12.7. The van der Waals surface area contributed by atoms with Gasteiger partial charge in [-0.1, -0.05) is 63.6 Å². The van der Waals surface area contributed by atoms with Crippen molar-refractivity contribution in [3.8, 4) is 5.75 Å². The number of benzene rings is 1. The normalized spacial score (nSPS) is 28.9. The Hall–Kier alpha value is -1.19. The van der Waals surface area contributed by atoms with Crippen molar-refractivity contribution >= 4 is 0 Å². The zero-order valence-electron chi connectivity index (χ0n) is 17.1. The fourth-order valence-corrected chi connectivity index (χ4v) is 5.57. The van der Waals surface area contributed by atoms with Crippen LogP contribution < -0.4 is 4.74 Å². The molecule has 2 aliphatic carbocycles. The Kier molecular flexibility index (Phi) is 7.70. The molecular formula is C24H35F3O. The second-order valence-corrected chi connectivity index (χ2v) is 8.97. The molecule has 0 aromatic heterocycles. The van der Waals surface area contributed by atoms with E-state index in [1.807, 2.05) is 12.1 Å². The number of hydrogen-bond acceptors (Lipinski definition) is 1. The van der Waals surface area contributed by atoms with Gasteiger partial charge in [0.2, 0.25) is 0 Å². The summed E-state index contributed by atoms with van der Waals surface area (Å²) in [6.07, 6.45) is 10.6. The van der Waals surface area contributed by atoms with Crippen molar-refractivity contribution in [3.05, 3.63) is 29.8 Å². The van der Waals surface area contributed by atoms with Gasteiger partial charge in [0.15, 0.2) is 0 Å². The second kappa shape index (κ2) is 10.0. The van der Waals surface area contributed by atoms with Gasteiger partial charge in [0.1, 0.15) is 5.75 Å². The predicted octanol–water partition coefficient (Wildman–Crippen LogP) is 8.25. The van der Waals surface area contributed by atoms with Gasteiger partial charge in [-0.2, -0.15) is 0 Å². The third-order valence-corrected chi connectivity index (χ3v) is 7.13. The highest BCUT2D eigenvalue weighted by molar-refractivity contribution is 5.36. The number of para-hydroxylation sites is 1. The van der Waals surface area contributed by atoms with Gasteiger partial charge in [-0.3, -0.25) is 0 Å². The zero-order chi connectivity index (χ0) is 20.0. The molecule has 0 aliphatic heterocycles. The molecule has 0 spiro atoms. The molecule has 1 nitrogen and oxygen atoms in total. The maximum Gasteiger partial charge on any atom is 0.573 e. The van der Waals surface area contributed by atoms with Crippen LogP contribution in [0.2, 0.25) is 0 Å². The van der Waals surface area contributed by atoms with Crippen molar-refractivity contribution in [2.45, 2.75) is 96.3 Å². The number of hydrogen-bond donors (Lipinski definition) is 0. The molecule has 0 heterocycles. The number of ether oxygens (including phenoxy) is 1. The van der Waals surface area contributed by atoms with E-state index < -0.39 is 6.36 Å². The van der Waals surface area contributed by atoms with Crippen LogP contribution in [0, 0.1) is 17.8 Å². The molecule has 2 saturated carbocycles. The van der Waals surface area contributed by atoms with Gasteiger partial charge < -0.3 is 4.74 Å². The summed E-state index contributed by atoms with van der Waals surface area (Å²) >= 11 is 0. The molecule has 0 amide bonds. The lowest BCUT2D eigenvalue weighted by atomic mass is 9.68. The van der Waals surface area contributed by atoms with Gasteiger partial charge in [0.05, 0.1) is 0 Å². The van der Waals surface area contributed by atoms with E-state index in [9.17, 15) is 13.2 Å². The summed E-state index contributed by atoms with van der Waals surface area (Å²) in [5.41, 5.74) is 0.734. The Bertz CT molecular complexity index is 582. The van der Waals surface area contributed by atoms with Gasteiger partial charge in [-0.25, -0.2) is 0 Å². The Morgan fingerprint density at radius 3 is 2.07 bits per heavy atom. The first kappa shape index (κ1) is 21.5. The Morgan fingerprint density at radius 1 is 0.857 bits per heavy atom. The molecule has 0 N–H and O–H groups in total. The van der Waals surface area contributed by atoms with Crippen molar-refractivity contribution in [2.24, 2.45) is 17.8 Å². The van der Waals surface area contributed by atoms with E-state index in [0.717, 1.165) is 49.0 Å². The first-order valence-electron chi connectivity index (χ1n) is 11.3. The molecule has 0 unspecified atom stereocenters. The molecular weight excluding hydrogens is 361 g/mol. The molecule has 0 radical (unpaired) electrons. The van der Waals surface area contributed by atoms with Gasteiger partial charge in [0.25, 0.3) is 0 Å². The summed E-state index contributed by atoms with van der Waals surface area (Å²) < 4.78 is 42.4. The number of halogens is 3. The molecule has 28 heavy (non-hydrogen) atoms. The molecule has 2 fully saturated rings. The van der Waals surface area contributed by atoms with Crippen LogP contribution in [0.5, 0.6) is 5.75 Å². The lowest BCUT2D eigenvalue weighted by molar-refractivity contribution is -0.275. The van der Waals surface area contributed by atoms with Gasteiger partial charge in [-0.05, 0) is 73.8 Å². The highest BCUT2D eigenvalue weighted by atomic mass is 19.4. The molecule has 4 heteroatoms. The van der Waals surface area contributed by atoms with E-state index in [0.29, 0.717) is 0 Å². The largest absolute Gasteiger partial charge is 0.573 e. The van der Waals surface area contributed by atoms with Crippen LogP contribution in [0.25, 0.3) is 0 Å². The van der Waals surface area contributed by atoms with E-state index in [-0.39, 0.29) is 11.7 Å². The summed E-state index contributed by atoms with van der Waals surface area (Å²) in [6, 6.07) is 6.71. The zero-order valence-corrected chi connectivity index (χ0v) is 17.1. The fourth-order valence-electron chi connectivity index (χ4n) is 5.57. The monoisotopic (exact) mass is 396 g/mol. The molecule has 0 atom stereocenters. The Balaban J connectivity index is 1.48. The molecule has 3 rings (SSSR count). The van der Waals surface area contributed by atoms with E-state index in [1.165, 1.54) is 57.4 Å². The van der Waals surface area contributed by atoms with Crippen molar-refractivity contribution in [1.82, 2.24) is 0 Å². The van der Waals surface area contributed by atoms with Crippen LogP contribution in [-0.4, -0.2) is 6.36 Å². The van der Waals surface area contributed by atoms with E-state index >= 15 is 0 Å². The lowest BCUT2D eigenvalue weighted by Crippen LogP contribution is -2.26. The Labute approximate surface area is 168 Å². The predicted molar refractivity (Wildman–Crippen MR) is 107 cm³/mol. The average molecular weight is 397 g/mol. The summed E-state index contributed by atoms with van der Waals surface area (Å²) in [5.74, 6) is 2.73. The van der Waals surface area contributed by atoms with E-state index in [4.69, 9.17) is 0 Å². The lowest BCUT2D eigenvalue weighted by Gasteiger charge is -2.38. The molecule has 0 saturated heterocycles. The number of rotatable bonds is 7. The summed E-state index contributed by atoms with van der Waals surface area (Å²) in [7, 11) is 0. The average Bonchev–Trinajstić information content (AvgIpc) is 2.68. The minimum Gasteiger partial charge on any atom is -0.405 e. The van der Waals surface area contributed by atoms with Crippen molar-refractivity contribution < 1.29 is 17.9 Å². The number of alkyl halides is 3. The van der Waals surface area contributed by atoms with Crippen molar-refractivity contribution in [3.63, 3.8) is 0 Å². The van der Waals surface area contributed by atoms with Crippen LogP contribution >= 0.6 is 0 Å². The summed E-state index contributed by atoms with van der Waals surface area (Å²) in [4.78, 5) is 0. The van der Waals surface area contributed by atoms with Crippen LogP contribution in [0.1, 0.15) is 95.5 Å². The van der Waals surface area contributed by atoms with E-state index in [1.54, 1.807) is 6.07 Å². The SMILES string of the molecule is CCCCC[C@H]1CC[C@H]([C@H]2CC[C@H](c3ccccc3OC(F)(F)F)CC2)CC1. The maximum atomic E-state index is 12.7. The Morgan fingerprint density at radius 2 is 1.46 bits per heavy atom. The number of unbranched alkanes of at least 4 members (excludes halogenated alkanes) is 2. The summed E-state index contributed by atoms with van der Waals surface area (Å²) in [5, 5.41) is 0. The minimum absolute atomic E-state index is 0.00830. The molecule has 158 valence electrons. The molecule has 0 bridgehead atoms. The van der Waals surface area contributed by atoms with Crippen LogP contribution in [-0.2, 0) is 0 Å². The first-order chi connectivity index (χ1) is 13.5. The highest BCUT2D eigenvalue weighted by Gasteiger charge is 2.35. The topological polar surface area (TPSA) is 9.23 Å². The van der Waals surface area contributed by atoms with Gasteiger partial charge in [0, 0.05) is 0 Å². The highest BCUT2D eigenvalue weighted by Crippen LogP contribution is 2.46. The third kappa shape index (κ3) is 6.15. The minimum atomic E-state index is -4.62. The fraction of sp³-hybridized carbons (Fsp3) is 0.750. The summed E-state index contributed by atoms with van der Waals surface area (Å²) in [6.45, 7) is 2.26. The van der Waals surface area contributed by atoms with Gasteiger partial charge >= 0.3 is 6.36 Å². The van der Waals surface area contributed by atoms with E-state index in [2.05, 4.69) is 11.7 Å². The van der Waals surface area contributed by atoms with Crippen LogP contribution in [0.15, 0.2) is 24.3 Å². The first-order valence-corrected chi connectivity index (χ1v) is 11.3. The van der Waals surface area contributed by atoms with Gasteiger partial charge in [-0.15, -0.1) is 13.2 Å².